The maximum absolute atomic E-state index is 13.9. The molecule has 4 aromatic rings. The van der Waals surface area contributed by atoms with Crippen LogP contribution in [0.3, 0.4) is 0 Å². The highest BCUT2D eigenvalue weighted by Gasteiger charge is 2.56. The summed E-state index contributed by atoms with van der Waals surface area (Å²) in [5, 5.41) is 2.75. The zero-order valence-electron chi connectivity index (χ0n) is 34.5. The lowest BCUT2D eigenvalue weighted by molar-refractivity contribution is -0.137. The molecule has 0 radical (unpaired) electrons. The Morgan fingerprint density at radius 3 is 1.86 bits per heavy atom. The molecular formula is C43H58BrN7O4S4. The largest absolute Gasteiger partial charge is 0.453 e. The molecule has 8 rings (SSSR count). The number of nitrogens with one attached hydrogen (secondary N) is 3. The molecule has 3 amide bonds. The molecule has 0 unspecified atom stereocenters. The summed E-state index contributed by atoms with van der Waals surface area (Å²) in [6.07, 6.45) is 5.72. The van der Waals surface area contributed by atoms with Gasteiger partial charge in [0, 0.05) is 35.7 Å². The van der Waals surface area contributed by atoms with Crippen molar-refractivity contribution >= 4 is 98.9 Å². The minimum atomic E-state index is -0.692. The molecule has 0 bridgehead atoms. The standard InChI is InChI=1S/C43H50BrN7O4.4H2S/c1-24(2)26(5)39(52)50-22-42(15-16-42)20-32(50)37-45-30-14-11-28(19-31(30)46-37)8-7-27-9-12-29(13-10-27)35-36(44)49-38(47-35)33-21-43(17-18-43)23-51(33)40(53)34(25(3)4)48-41(54)55-6;;;;/h9-14,19,24-26,32-34H,15-18,20-23H2,1-6H3,(H,45,46)(H,47,49)(H,48,54);4*1H2/t26-,32-,33-,34-;;;;/m0..../s1. The van der Waals surface area contributed by atoms with Crippen molar-refractivity contribution in [1.82, 2.24) is 35.1 Å². The van der Waals surface area contributed by atoms with Gasteiger partial charge in [-0.2, -0.15) is 54.0 Å². The van der Waals surface area contributed by atoms with E-state index in [1.54, 1.807) is 0 Å². The lowest BCUT2D eigenvalue weighted by atomic mass is 9.96. The minimum Gasteiger partial charge on any atom is -0.453 e. The molecule has 2 saturated heterocycles. The fourth-order valence-corrected chi connectivity index (χ4v) is 8.93. The number of carbonyl (C=O) groups excluding carboxylic acids is 3. The first-order chi connectivity index (χ1) is 26.3. The Bertz CT molecular complexity index is 2230. The number of H-pyrrole nitrogens is 2. The molecule has 16 heteroatoms. The fourth-order valence-electron chi connectivity index (χ4n) is 8.41. The third-order valence-electron chi connectivity index (χ3n) is 12.6. The van der Waals surface area contributed by atoms with Crippen LogP contribution in [0.25, 0.3) is 22.3 Å². The van der Waals surface area contributed by atoms with E-state index >= 15 is 0 Å². The van der Waals surface area contributed by atoms with Gasteiger partial charge in [-0.25, -0.2) is 14.8 Å². The number of likely N-dealkylation sites (tertiary alicyclic amines) is 2. The molecule has 2 saturated carbocycles. The number of imidazole rings is 2. The number of nitrogens with zero attached hydrogens (tertiary/aromatic N) is 4. The number of aromatic amines is 2. The van der Waals surface area contributed by atoms with Crippen LogP contribution in [0.15, 0.2) is 47.1 Å². The van der Waals surface area contributed by atoms with Gasteiger partial charge in [-0.15, -0.1) is 0 Å². The number of methoxy groups -OCH3 is 1. The van der Waals surface area contributed by atoms with Crippen LogP contribution in [0, 0.1) is 40.4 Å². The number of hydrogen-bond donors (Lipinski definition) is 3. The Balaban J connectivity index is 0.00000192. The Morgan fingerprint density at radius 1 is 0.780 bits per heavy atom. The lowest BCUT2D eigenvalue weighted by Gasteiger charge is -2.30. The maximum Gasteiger partial charge on any atom is 0.407 e. The number of benzene rings is 2. The molecule has 2 aromatic carbocycles. The first kappa shape index (κ1) is 48.4. The van der Waals surface area contributed by atoms with E-state index in [0.717, 1.165) is 81.9 Å². The van der Waals surface area contributed by atoms with Crippen LogP contribution >= 0.6 is 69.9 Å². The lowest BCUT2D eigenvalue weighted by Crippen LogP contribution is -2.51. The number of alkyl carbamates (subject to hydrolysis) is 1. The molecule has 3 N–H and O–H groups in total. The number of hydrogen-bond acceptors (Lipinski definition) is 6. The first-order valence-corrected chi connectivity index (χ1v) is 20.4. The van der Waals surface area contributed by atoms with Crippen molar-refractivity contribution in [2.75, 3.05) is 20.2 Å². The molecule has 4 fully saturated rings. The summed E-state index contributed by atoms with van der Waals surface area (Å²) in [5.41, 5.74) is 5.61. The van der Waals surface area contributed by atoms with E-state index in [1.807, 2.05) is 68.1 Å². The van der Waals surface area contributed by atoms with Gasteiger partial charge in [0.05, 0.1) is 30.2 Å². The van der Waals surface area contributed by atoms with E-state index in [2.05, 4.69) is 61.8 Å². The van der Waals surface area contributed by atoms with Gasteiger partial charge in [0.2, 0.25) is 11.8 Å². The van der Waals surface area contributed by atoms with Crippen molar-refractivity contribution in [3.05, 3.63) is 69.8 Å². The zero-order valence-corrected chi connectivity index (χ0v) is 40.0. The molecular weight excluding hydrogens is 887 g/mol. The van der Waals surface area contributed by atoms with Gasteiger partial charge in [0.1, 0.15) is 28.0 Å². The third kappa shape index (κ3) is 9.80. The second kappa shape index (κ2) is 18.8. The number of amides is 3. The van der Waals surface area contributed by atoms with Crippen LogP contribution in [0.4, 0.5) is 4.79 Å². The molecule has 4 atom stereocenters. The Hall–Kier alpha value is -3.23. The summed E-state index contributed by atoms with van der Waals surface area (Å²) >= 11 is 3.70. The van der Waals surface area contributed by atoms with Gasteiger partial charge in [0.25, 0.3) is 0 Å². The molecule has 4 aliphatic rings. The molecule has 320 valence electrons. The molecule has 2 spiro atoms. The molecule has 59 heavy (non-hydrogen) atoms. The van der Waals surface area contributed by atoms with Crippen LogP contribution in [-0.2, 0) is 14.3 Å². The minimum absolute atomic E-state index is 0. The summed E-state index contributed by atoms with van der Waals surface area (Å²) < 4.78 is 5.56. The highest BCUT2D eigenvalue weighted by atomic mass is 79.9. The first-order valence-electron chi connectivity index (χ1n) is 19.6. The van der Waals surface area contributed by atoms with Gasteiger partial charge in [-0.3, -0.25) is 9.59 Å². The molecule has 11 nitrogen and oxygen atoms in total. The number of halogens is 1. The summed E-state index contributed by atoms with van der Waals surface area (Å²) in [4.78, 5) is 60.4. The topological polar surface area (TPSA) is 136 Å². The summed E-state index contributed by atoms with van der Waals surface area (Å²) in [6.45, 7) is 11.6. The Morgan fingerprint density at radius 2 is 1.32 bits per heavy atom. The number of aromatic nitrogens is 4. The Kier molecular flexibility index (Phi) is 15.4. The van der Waals surface area contributed by atoms with E-state index in [4.69, 9.17) is 14.7 Å². The Labute approximate surface area is 383 Å². The van der Waals surface area contributed by atoms with Gasteiger partial charge in [0.15, 0.2) is 0 Å². The molecule has 2 aromatic heterocycles. The van der Waals surface area contributed by atoms with E-state index in [9.17, 15) is 14.4 Å². The van der Waals surface area contributed by atoms with Crippen molar-refractivity contribution < 1.29 is 19.1 Å². The SMILES string of the molecule is COC(=O)N[C@H](C(=O)N1CC2(CC2)C[C@H]1c1nc(-c2ccc(C#Cc3ccc4nc([C@@H]5CC6(CC6)CN5C(=O)[C@@H](C)C(C)C)[nH]c4c3)cc2)c(Br)[nH]1)C(C)C.S.S.S.S. The van der Waals surface area contributed by atoms with Gasteiger partial charge >= 0.3 is 6.09 Å². The van der Waals surface area contributed by atoms with Crippen molar-refractivity contribution in [2.24, 2.45) is 28.6 Å². The van der Waals surface area contributed by atoms with E-state index in [1.165, 1.54) is 20.0 Å². The number of rotatable bonds is 8. The highest BCUT2D eigenvalue weighted by molar-refractivity contribution is 9.10. The van der Waals surface area contributed by atoms with Crippen molar-refractivity contribution in [3.8, 4) is 23.1 Å². The second-order valence-corrected chi connectivity index (χ2v) is 18.0. The third-order valence-corrected chi connectivity index (χ3v) is 13.2. The van der Waals surface area contributed by atoms with E-state index in [-0.39, 0.29) is 101 Å². The van der Waals surface area contributed by atoms with E-state index < -0.39 is 12.1 Å². The number of ether oxygens (including phenoxy) is 1. The van der Waals surface area contributed by atoms with Crippen LogP contribution in [0.1, 0.15) is 108 Å². The molecule has 2 aliphatic heterocycles. The van der Waals surface area contributed by atoms with Crippen molar-refractivity contribution in [1.29, 1.82) is 0 Å². The van der Waals surface area contributed by atoms with Crippen LogP contribution < -0.4 is 5.32 Å². The molecule has 2 aliphatic carbocycles. The molecule has 4 heterocycles. The van der Waals surface area contributed by atoms with Crippen LogP contribution in [-0.4, -0.2) is 73.9 Å². The summed E-state index contributed by atoms with van der Waals surface area (Å²) in [5.74, 6) is 8.49. The van der Waals surface area contributed by atoms with Gasteiger partial charge < -0.3 is 29.8 Å². The van der Waals surface area contributed by atoms with Crippen LogP contribution in [0.2, 0.25) is 0 Å². The van der Waals surface area contributed by atoms with Gasteiger partial charge in [-0.05, 0) is 107 Å². The fraction of sp³-hybridized carbons (Fsp3) is 0.512. The predicted molar refractivity (Wildman–Crippen MR) is 255 cm³/mol. The van der Waals surface area contributed by atoms with Gasteiger partial charge in [-0.1, -0.05) is 58.6 Å². The maximum atomic E-state index is 13.9. The highest BCUT2D eigenvalue weighted by Crippen LogP contribution is 2.59. The summed E-state index contributed by atoms with van der Waals surface area (Å²) in [6, 6.07) is 13.1. The van der Waals surface area contributed by atoms with Crippen molar-refractivity contribution in [2.45, 2.75) is 91.3 Å². The second-order valence-electron chi connectivity index (χ2n) is 17.2. The monoisotopic (exact) mass is 943 g/mol. The number of carbonyl (C=O) groups is 3. The average Bonchev–Trinajstić information content (AvgIpc) is 3.84. The average molecular weight is 945 g/mol. The van der Waals surface area contributed by atoms with Crippen molar-refractivity contribution in [3.63, 3.8) is 0 Å². The number of fused-ring (bicyclic) bond motifs is 1. The predicted octanol–water partition coefficient (Wildman–Crippen LogP) is 8.35. The normalized spacial score (nSPS) is 20.2. The van der Waals surface area contributed by atoms with E-state index in [0.29, 0.717) is 12.5 Å². The summed E-state index contributed by atoms with van der Waals surface area (Å²) in [7, 11) is 1.30. The van der Waals surface area contributed by atoms with Crippen LogP contribution in [0.5, 0.6) is 0 Å². The zero-order chi connectivity index (χ0) is 38.8. The smallest absolute Gasteiger partial charge is 0.407 e. The quantitative estimate of drug-likeness (QED) is 0.152.